The summed E-state index contributed by atoms with van der Waals surface area (Å²) in [4.78, 5) is 0. The van der Waals surface area contributed by atoms with Gasteiger partial charge in [0.2, 0.25) is 0 Å². The number of allylic oxidation sites excluding steroid dienone is 13. The van der Waals surface area contributed by atoms with Crippen LogP contribution in [0.1, 0.15) is 103 Å². The highest BCUT2D eigenvalue weighted by Gasteiger charge is 2.47. The summed E-state index contributed by atoms with van der Waals surface area (Å²) >= 11 is 0. The minimum Gasteiger partial charge on any atom is -0.366 e. The Morgan fingerprint density at radius 1 is 0.763 bits per heavy atom. The number of hydrogen-bond donors (Lipinski definition) is 2. The molecule has 2 aliphatic heterocycles. The van der Waals surface area contributed by atoms with Crippen LogP contribution < -0.4 is 10.6 Å². The van der Waals surface area contributed by atoms with Crippen LogP contribution in [-0.4, -0.2) is 6.17 Å². The molecule has 294 valence electrons. The molecule has 2 heterocycles. The Morgan fingerprint density at radius 2 is 1.61 bits per heavy atom. The molecule has 0 saturated carbocycles. The van der Waals surface area contributed by atoms with Crippen molar-refractivity contribution in [3.63, 3.8) is 0 Å². The zero-order chi connectivity index (χ0) is 39.5. The Morgan fingerprint density at radius 3 is 2.49 bits per heavy atom. The van der Waals surface area contributed by atoms with E-state index in [1.54, 1.807) is 5.57 Å². The number of rotatable bonds is 2. The molecule has 2 heteroatoms. The van der Waals surface area contributed by atoms with Gasteiger partial charge in [0.05, 0.1) is 11.5 Å². The zero-order valence-corrected chi connectivity index (χ0v) is 34.6. The van der Waals surface area contributed by atoms with Crippen molar-refractivity contribution in [1.82, 2.24) is 10.6 Å². The fraction of sp³-hybridized carbons (Fsp3) is 0.298. The summed E-state index contributed by atoms with van der Waals surface area (Å²) in [6.45, 7) is 5.02. The van der Waals surface area contributed by atoms with Crippen molar-refractivity contribution in [1.29, 1.82) is 0 Å². The molecule has 0 amide bonds. The normalized spacial score (nSPS) is 30.5. The van der Waals surface area contributed by atoms with Crippen LogP contribution in [0.4, 0.5) is 0 Å². The zero-order valence-electron chi connectivity index (χ0n) is 34.6. The molecule has 0 spiro atoms. The minimum absolute atomic E-state index is 0.0348. The predicted octanol–water partition coefficient (Wildman–Crippen LogP) is 12.9. The SMILES string of the molecule is CC1CC2=CC(C1)C1=CC=CC(C1C)C1Cc3ccccc3C(C3=CCCC=C3)(c3cccc(c3)C3=CCCC(=C3)C3NC2=CC(c2ccccc2)N3)c2ccccc21. The summed E-state index contributed by atoms with van der Waals surface area (Å²) in [6.07, 6.45) is 32.6. The predicted molar refractivity (Wildman–Crippen MR) is 245 cm³/mol. The number of benzene rings is 4. The van der Waals surface area contributed by atoms with Gasteiger partial charge >= 0.3 is 0 Å². The van der Waals surface area contributed by atoms with Crippen molar-refractivity contribution >= 4 is 5.57 Å². The Bertz CT molecular complexity index is 2550. The van der Waals surface area contributed by atoms with Crippen LogP contribution in [-0.2, 0) is 11.8 Å². The van der Waals surface area contributed by atoms with Crippen molar-refractivity contribution in [3.05, 3.63) is 231 Å². The van der Waals surface area contributed by atoms with Gasteiger partial charge in [0, 0.05) is 5.70 Å². The molecule has 2 nitrogen and oxygen atoms in total. The highest BCUT2D eigenvalue weighted by molar-refractivity contribution is 5.78. The molecular formula is C57H56N2. The first kappa shape index (κ1) is 36.6. The van der Waals surface area contributed by atoms with Gasteiger partial charge in [-0.1, -0.05) is 171 Å². The molecule has 0 fully saturated rings. The lowest BCUT2D eigenvalue weighted by atomic mass is 9.61. The summed E-state index contributed by atoms with van der Waals surface area (Å²) in [6, 6.07) is 39.9. The van der Waals surface area contributed by atoms with E-state index in [0.717, 1.165) is 38.5 Å². The fourth-order valence-electron chi connectivity index (χ4n) is 12.2. The first-order valence-corrected chi connectivity index (χ1v) is 22.5. The first-order chi connectivity index (χ1) is 29.0. The molecule has 2 N–H and O–H groups in total. The highest BCUT2D eigenvalue weighted by atomic mass is 15.2. The Kier molecular flexibility index (Phi) is 9.30. The maximum absolute atomic E-state index is 4.11. The molecule has 12 bridgehead atoms. The van der Waals surface area contributed by atoms with E-state index in [9.17, 15) is 0 Å². The van der Waals surface area contributed by atoms with Gasteiger partial charge < -0.3 is 5.32 Å². The van der Waals surface area contributed by atoms with Gasteiger partial charge in [-0.3, -0.25) is 5.32 Å². The fourth-order valence-corrected chi connectivity index (χ4v) is 12.2. The maximum Gasteiger partial charge on any atom is 0.100 e. The number of nitrogens with one attached hydrogen (secondary N) is 2. The van der Waals surface area contributed by atoms with Crippen molar-refractivity contribution < 1.29 is 0 Å². The molecule has 8 atom stereocenters. The molecule has 0 radical (unpaired) electrons. The summed E-state index contributed by atoms with van der Waals surface area (Å²) in [5, 5.41) is 8.19. The Balaban J connectivity index is 1.17. The molecule has 4 aromatic carbocycles. The Labute approximate surface area is 351 Å². The molecule has 11 rings (SSSR count). The van der Waals surface area contributed by atoms with Crippen molar-refractivity contribution in [2.75, 3.05) is 0 Å². The summed E-state index contributed by atoms with van der Waals surface area (Å²) in [5.41, 5.74) is 17.9. The smallest absolute Gasteiger partial charge is 0.100 e. The van der Waals surface area contributed by atoms with Crippen LogP contribution in [0, 0.1) is 23.7 Å². The van der Waals surface area contributed by atoms with E-state index in [4.69, 9.17) is 0 Å². The van der Waals surface area contributed by atoms with Gasteiger partial charge in [-0.05, 0) is 148 Å². The van der Waals surface area contributed by atoms with Gasteiger partial charge in [0.15, 0.2) is 0 Å². The third-order valence-corrected chi connectivity index (χ3v) is 14.9. The molecule has 7 aliphatic rings. The van der Waals surface area contributed by atoms with E-state index in [2.05, 4.69) is 188 Å². The average Bonchev–Trinajstić information content (AvgIpc) is 3.42. The van der Waals surface area contributed by atoms with Crippen LogP contribution in [0.25, 0.3) is 5.57 Å². The van der Waals surface area contributed by atoms with E-state index in [1.807, 2.05) is 0 Å². The topological polar surface area (TPSA) is 24.1 Å². The number of hydrogen-bond acceptors (Lipinski definition) is 2. The third-order valence-electron chi connectivity index (χ3n) is 14.9. The lowest BCUT2D eigenvalue weighted by Gasteiger charge is -2.41. The summed E-state index contributed by atoms with van der Waals surface area (Å²) in [5.74, 6) is 2.10. The standard InChI is InChI=1S/C57H56N2/c1-37-30-44-33-45(31-37)55-36-54(39-16-5-3-6-17-39)58-56(59-55)43-21-13-19-40(32-43)41-20-14-24-47(34-41)57(46-22-7-4-8-23-46)52-28-11-9-18-42(52)35-51(50-25-10-12-29-53(50)57)49-27-15-26-48(44)38(49)2/h3,5-7,9-12,14-20,22-29,32-34,36-38,44,49,51,54,56,58-59H,4,8,13,21,30-31,35H2,1-2H3. The molecule has 5 aliphatic carbocycles. The van der Waals surface area contributed by atoms with Crippen LogP contribution >= 0.6 is 0 Å². The Hall–Kier alpha value is -5.44. The number of fused-ring (bicyclic) bond motifs is 16. The van der Waals surface area contributed by atoms with Gasteiger partial charge in [0.1, 0.15) is 6.17 Å². The van der Waals surface area contributed by atoms with E-state index >= 15 is 0 Å². The van der Waals surface area contributed by atoms with Crippen molar-refractivity contribution in [2.24, 2.45) is 23.7 Å². The lowest BCUT2D eigenvalue weighted by Crippen LogP contribution is -2.49. The minimum atomic E-state index is -0.453. The van der Waals surface area contributed by atoms with Crippen LogP contribution in [0.2, 0.25) is 0 Å². The summed E-state index contributed by atoms with van der Waals surface area (Å²) in [7, 11) is 0. The average molecular weight is 769 g/mol. The summed E-state index contributed by atoms with van der Waals surface area (Å²) < 4.78 is 0. The largest absolute Gasteiger partial charge is 0.366 e. The second-order valence-corrected chi connectivity index (χ2v) is 18.4. The molecule has 4 aromatic rings. The van der Waals surface area contributed by atoms with E-state index in [-0.39, 0.29) is 12.2 Å². The van der Waals surface area contributed by atoms with Gasteiger partial charge in [-0.2, -0.15) is 0 Å². The first-order valence-electron chi connectivity index (χ1n) is 22.5. The van der Waals surface area contributed by atoms with Crippen molar-refractivity contribution in [3.8, 4) is 0 Å². The monoisotopic (exact) mass is 768 g/mol. The van der Waals surface area contributed by atoms with E-state index in [1.165, 1.54) is 73.4 Å². The van der Waals surface area contributed by atoms with Gasteiger partial charge in [0.25, 0.3) is 0 Å². The second-order valence-electron chi connectivity index (χ2n) is 18.4. The van der Waals surface area contributed by atoms with Gasteiger partial charge in [-0.25, -0.2) is 0 Å². The maximum atomic E-state index is 4.11. The van der Waals surface area contributed by atoms with Crippen molar-refractivity contribution in [2.45, 2.75) is 82.3 Å². The van der Waals surface area contributed by atoms with E-state index in [0.29, 0.717) is 29.6 Å². The highest BCUT2D eigenvalue weighted by Crippen LogP contribution is 2.56. The third kappa shape index (κ3) is 6.26. The van der Waals surface area contributed by atoms with Crippen LogP contribution in [0.5, 0.6) is 0 Å². The molecule has 0 aromatic heterocycles. The molecule has 0 saturated heterocycles. The second kappa shape index (κ2) is 15.0. The molecule has 59 heavy (non-hydrogen) atoms. The molecule has 8 unspecified atom stereocenters. The van der Waals surface area contributed by atoms with E-state index < -0.39 is 5.41 Å². The van der Waals surface area contributed by atoms with Crippen LogP contribution in [0.15, 0.2) is 192 Å². The quantitative estimate of drug-likeness (QED) is 0.212. The van der Waals surface area contributed by atoms with Crippen LogP contribution in [0.3, 0.4) is 0 Å². The lowest BCUT2D eigenvalue weighted by molar-refractivity contribution is 0.351. The van der Waals surface area contributed by atoms with Gasteiger partial charge in [-0.15, -0.1) is 0 Å². The molecular weight excluding hydrogens is 713 g/mol.